The Kier molecular flexibility index (Phi) is 6.67. The zero-order chi connectivity index (χ0) is 25.3. The van der Waals surface area contributed by atoms with Gasteiger partial charge in [-0.3, -0.25) is 5.32 Å². The van der Waals surface area contributed by atoms with Crippen LogP contribution in [0, 0.1) is 0 Å². The highest BCUT2D eigenvalue weighted by Crippen LogP contribution is 2.37. The van der Waals surface area contributed by atoms with E-state index in [1.807, 2.05) is 0 Å². The lowest BCUT2D eigenvalue weighted by atomic mass is 9.94. The first-order chi connectivity index (χ1) is 17.3. The Balaban J connectivity index is 1.54. The van der Waals surface area contributed by atoms with E-state index < -0.39 is 18.8 Å². The van der Waals surface area contributed by atoms with Crippen LogP contribution in [-0.4, -0.2) is 75.6 Å². The van der Waals surface area contributed by atoms with Crippen LogP contribution >= 0.6 is 0 Å². The lowest BCUT2D eigenvalue weighted by Crippen LogP contribution is -2.55. The first-order valence-corrected chi connectivity index (χ1v) is 11.6. The number of aliphatic hydroxyl groups is 1. The Morgan fingerprint density at radius 3 is 2.56 bits per heavy atom. The van der Waals surface area contributed by atoms with Gasteiger partial charge < -0.3 is 19.5 Å². The van der Waals surface area contributed by atoms with Crippen molar-refractivity contribution in [1.82, 2.24) is 19.7 Å². The number of benzene rings is 1. The van der Waals surface area contributed by atoms with Crippen LogP contribution < -0.4 is 10.2 Å². The second-order valence-electron chi connectivity index (χ2n) is 8.77. The number of anilines is 2. The maximum Gasteiger partial charge on any atom is 0.411 e. The van der Waals surface area contributed by atoms with Gasteiger partial charge in [0.2, 0.25) is 0 Å². The van der Waals surface area contributed by atoms with E-state index in [4.69, 9.17) is 19.6 Å². The molecule has 2 aliphatic heterocycles. The minimum Gasteiger partial charge on any atom is -0.447 e. The van der Waals surface area contributed by atoms with Gasteiger partial charge in [-0.1, -0.05) is 0 Å². The number of hydrogen-bond donors (Lipinski definition) is 2. The number of morpholine rings is 1. The average molecular weight is 506 g/mol. The summed E-state index contributed by atoms with van der Waals surface area (Å²) in [5, 5.41) is 15.7. The largest absolute Gasteiger partial charge is 0.447 e. The van der Waals surface area contributed by atoms with Crippen LogP contribution in [0.3, 0.4) is 0 Å². The van der Waals surface area contributed by atoms with E-state index in [0.29, 0.717) is 35.7 Å². The van der Waals surface area contributed by atoms with E-state index in [2.05, 4.69) is 20.3 Å². The number of amides is 1. The molecule has 4 heterocycles. The number of rotatable bonds is 6. The lowest BCUT2D eigenvalue weighted by Gasteiger charge is -2.46. The van der Waals surface area contributed by atoms with Crippen molar-refractivity contribution in [1.29, 1.82) is 0 Å². The standard InChI is InChI=1S/C23H25F3N6O4/c24-23(25,26)13-31-20-18(10-27-31)21(32-16-2-1-3-17(32)12-35-11-16)30-19(29-20)14-4-6-15(7-5-14)28-22(34)36-9-8-33/h4-7,10,16-17,33H,1-3,8-9,11-13H2,(H,28,34). The summed E-state index contributed by atoms with van der Waals surface area (Å²) in [5.41, 5.74) is 1.10. The van der Waals surface area contributed by atoms with E-state index in [1.54, 1.807) is 24.3 Å². The predicted molar refractivity (Wildman–Crippen MR) is 124 cm³/mol. The first kappa shape index (κ1) is 24.3. The maximum atomic E-state index is 13.2. The van der Waals surface area contributed by atoms with Crippen LogP contribution in [0.2, 0.25) is 0 Å². The van der Waals surface area contributed by atoms with Crippen LogP contribution in [0.25, 0.3) is 22.4 Å². The first-order valence-electron chi connectivity index (χ1n) is 11.6. The quantitative estimate of drug-likeness (QED) is 0.523. The Morgan fingerprint density at radius 1 is 1.17 bits per heavy atom. The van der Waals surface area contributed by atoms with Gasteiger partial charge in [0.15, 0.2) is 11.5 Å². The summed E-state index contributed by atoms with van der Waals surface area (Å²) in [7, 11) is 0. The van der Waals surface area contributed by atoms with Gasteiger partial charge in [-0.2, -0.15) is 18.3 Å². The summed E-state index contributed by atoms with van der Waals surface area (Å²) in [4.78, 5) is 23.1. The molecule has 36 heavy (non-hydrogen) atoms. The van der Waals surface area contributed by atoms with E-state index in [9.17, 15) is 18.0 Å². The molecular weight excluding hydrogens is 481 g/mol. The van der Waals surface area contributed by atoms with Gasteiger partial charge in [-0.15, -0.1) is 0 Å². The number of aromatic nitrogens is 4. The summed E-state index contributed by atoms with van der Waals surface area (Å²) in [6, 6.07) is 6.70. The summed E-state index contributed by atoms with van der Waals surface area (Å²) in [5.74, 6) is 0.802. The topological polar surface area (TPSA) is 115 Å². The molecule has 192 valence electrons. The fourth-order valence-corrected chi connectivity index (χ4v) is 4.73. The molecule has 2 fully saturated rings. The monoisotopic (exact) mass is 506 g/mol. The number of nitrogens with zero attached hydrogens (tertiary/aromatic N) is 5. The lowest BCUT2D eigenvalue weighted by molar-refractivity contribution is -0.141. The molecule has 2 saturated heterocycles. The van der Waals surface area contributed by atoms with Crippen LogP contribution in [0.5, 0.6) is 0 Å². The second-order valence-corrected chi connectivity index (χ2v) is 8.77. The van der Waals surface area contributed by atoms with Gasteiger partial charge in [0.25, 0.3) is 0 Å². The molecule has 0 spiro atoms. The van der Waals surface area contributed by atoms with Gasteiger partial charge in [0, 0.05) is 11.3 Å². The highest BCUT2D eigenvalue weighted by atomic mass is 19.4. The molecule has 2 aromatic heterocycles. The summed E-state index contributed by atoms with van der Waals surface area (Å²) in [6.45, 7) is -0.622. The average Bonchev–Trinajstić information content (AvgIpc) is 3.23. The number of fused-ring (bicyclic) bond motifs is 3. The number of carbonyl (C=O) groups excluding carboxylic acids is 1. The fourth-order valence-electron chi connectivity index (χ4n) is 4.73. The highest BCUT2D eigenvalue weighted by Gasteiger charge is 2.37. The smallest absolute Gasteiger partial charge is 0.411 e. The van der Waals surface area contributed by atoms with Crippen molar-refractivity contribution < 1.29 is 32.5 Å². The second kappa shape index (κ2) is 9.90. The number of alkyl halides is 3. The number of nitrogens with one attached hydrogen (secondary N) is 1. The molecule has 13 heteroatoms. The van der Waals surface area contributed by atoms with E-state index in [-0.39, 0.29) is 36.8 Å². The van der Waals surface area contributed by atoms with Gasteiger partial charge in [0.05, 0.1) is 43.5 Å². The molecule has 1 amide bonds. The van der Waals surface area contributed by atoms with Crippen LogP contribution in [0.15, 0.2) is 30.5 Å². The van der Waals surface area contributed by atoms with Crippen molar-refractivity contribution in [2.24, 2.45) is 0 Å². The molecule has 2 aliphatic rings. The zero-order valence-electron chi connectivity index (χ0n) is 19.2. The van der Waals surface area contributed by atoms with Crippen molar-refractivity contribution in [2.75, 3.05) is 36.6 Å². The molecule has 2 bridgehead atoms. The minimum atomic E-state index is -4.46. The van der Waals surface area contributed by atoms with Gasteiger partial charge in [-0.25, -0.2) is 19.4 Å². The highest BCUT2D eigenvalue weighted by molar-refractivity contribution is 5.89. The van der Waals surface area contributed by atoms with E-state index in [1.165, 1.54) is 6.20 Å². The Hall–Kier alpha value is -3.45. The minimum absolute atomic E-state index is 0.0749. The SMILES string of the molecule is O=C(Nc1ccc(-c2nc(N3C4CCCC3COC4)c3cnn(CC(F)(F)F)c3n2)cc1)OCCO. The summed E-state index contributed by atoms with van der Waals surface area (Å²) < 4.78 is 51.1. The van der Waals surface area contributed by atoms with Crippen molar-refractivity contribution >= 4 is 28.6 Å². The molecular formula is C23H25F3N6O4. The Morgan fingerprint density at radius 2 is 1.89 bits per heavy atom. The number of ether oxygens (including phenoxy) is 2. The summed E-state index contributed by atoms with van der Waals surface area (Å²) in [6.07, 6.45) is -0.916. The number of piperidine rings is 1. The van der Waals surface area contributed by atoms with Crippen molar-refractivity contribution in [2.45, 2.75) is 44.1 Å². The van der Waals surface area contributed by atoms with Crippen LogP contribution in [-0.2, 0) is 16.0 Å². The zero-order valence-corrected chi connectivity index (χ0v) is 19.2. The normalized spacial score (nSPS) is 19.9. The molecule has 2 unspecified atom stereocenters. The van der Waals surface area contributed by atoms with Gasteiger partial charge in [0.1, 0.15) is 19.0 Å². The third-order valence-electron chi connectivity index (χ3n) is 6.25. The van der Waals surface area contributed by atoms with E-state index >= 15 is 0 Å². The molecule has 2 atom stereocenters. The van der Waals surface area contributed by atoms with Crippen molar-refractivity contribution in [3.05, 3.63) is 30.5 Å². The molecule has 0 radical (unpaired) electrons. The number of aliphatic hydroxyl groups excluding tert-OH is 1. The summed E-state index contributed by atoms with van der Waals surface area (Å²) >= 11 is 0. The fraction of sp³-hybridized carbons (Fsp3) is 0.478. The third kappa shape index (κ3) is 5.07. The van der Waals surface area contributed by atoms with Gasteiger partial charge in [-0.05, 0) is 43.5 Å². The number of hydrogen-bond acceptors (Lipinski definition) is 8. The molecule has 1 aromatic carbocycles. The Labute approximate surface area is 204 Å². The molecule has 10 nitrogen and oxygen atoms in total. The van der Waals surface area contributed by atoms with E-state index in [0.717, 1.165) is 23.9 Å². The number of halogens is 3. The maximum absolute atomic E-state index is 13.2. The molecule has 0 aliphatic carbocycles. The number of carbonyl (C=O) groups is 1. The van der Waals surface area contributed by atoms with Gasteiger partial charge >= 0.3 is 12.3 Å². The molecule has 3 aromatic rings. The Bertz CT molecular complexity index is 1210. The molecule has 5 rings (SSSR count). The third-order valence-corrected chi connectivity index (χ3v) is 6.25. The van der Waals surface area contributed by atoms with Crippen molar-refractivity contribution in [3.8, 4) is 11.4 Å². The van der Waals surface area contributed by atoms with Crippen LogP contribution in [0.4, 0.5) is 29.5 Å². The molecule has 2 N–H and O–H groups in total. The van der Waals surface area contributed by atoms with Crippen LogP contribution in [0.1, 0.15) is 19.3 Å². The molecule has 0 saturated carbocycles. The predicted octanol–water partition coefficient (Wildman–Crippen LogP) is 3.35. The van der Waals surface area contributed by atoms with Crippen molar-refractivity contribution in [3.63, 3.8) is 0 Å².